The average molecular weight is 258 g/mol. The molecule has 1 unspecified atom stereocenters. The molecule has 0 radical (unpaired) electrons. The molecule has 1 aliphatic rings. The lowest BCUT2D eigenvalue weighted by Gasteiger charge is -2.11. The molecule has 0 aliphatic carbocycles. The van der Waals surface area contributed by atoms with E-state index in [1.54, 1.807) is 0 Å². The molecule has 18 heavy (non-hydrogen) atoms. The fourth-order valence-electron chi connectivity index (χ4n) is 2.55. The first-order valence-corrected chi connectivity index (χ1v) is 7.36. The largest absolute Gasteiger partial charge is 0.353 e. The zero-order chi connectivity index (χ0) is 12.4. The molecule has 1 aromatic carbocycles. The van der Waals surface area contributed by atoms with Gasteiger partial charge in [0.25, 0.3) is 0 Å². The standard InChI is InChI=1S/C15H18N2S/c1-16-8-12-6-7-17(9-12)10-13-11-18-15-5-3-2-4-14(13)15/h2-7,9,13,16H,8,10-11H2,1H3. The van der Waals surface area contributed by atoms with Crippen molar-refractivity contribution in [2.24, 2.45) is 0 Å². The molecule has 1 aliphatic heterocycles. The third-order valence-electron chi connectivity index (χ3n) is 3.42. The van der Waals surface area contributed by atoms with Gasteiger partial charge in [0.15, 0.2) is 0 Å². The number of fused-ring (bicyclic) bond motifs is 1. The molecule has 94 valence electrons. The molecule has 1 N–H and O–H groups in total. The summed E-state index contributed by atoms with van der Waals surface area (Å²) >= 11 is 1.99. The lowest BCUT2D eigenvalue weighted by atomic mass is 10.0. The van der Waals surface area contributed by atoms with Crippen LogP contribution in [0, 0.1) is 0 Å². The number of benzene rings is 1. The van der Waals surface area contributed by atoms with Crippen LogP contribution in [0.1, 0.15) is 17.0 Å². The predicted molar refractivity (Wildman–Crippen MR) is 77.1 cm³/mol. The Labute approximate surface area is 112 Å². The molecule has 2 heterocycles. The molecule has 3 rings (SSSR count). The van der Waals surface area contributed by atoms with Gasteiger partial charge in [-0.1, -0.05) is 18.2 Å². The van der Waals surface area contributed by atoms with Gasteiger partial charge in [-0.15, -0.1) is 11.8 Å². The van der Waals surface area contributed by atoms with Gasteiger partial charge in [-0.2, -0.15) is 0 Å². The van der Waals surface area contributed by atoms with Crippen molar-refractivity contribution in [3.63, 3.8) is 0 Å². The fraction of sp³-hybridized carbons (Fsp3) is 0.333. The van der Waals surface area contributed by atoms with Crippen LogP contribution in [-0.4, -0.2) is 17.4 Å². The van der Waals surface area contributed by atoms with E-state index in [-0.39, 0.29) is 0 Å². The maximum absolute atomic E-state index is 3.19. The number of aromatic nitrogens is 1. The quantitative estimate of drug-likeness (QED) is 0.907. The van der Waals surface area contributed by atoms with Gasteiger partial charge >= 0.3 is 0 Å². The van der Waals surface area contributed by atoms with Crippen molar-refractivity contribution in [2.75, 3.05) is 12.8 Å². The molecule has 0 fully saturated rings. The van der Waals surface area contributed by atoms with E-state index in [2.05, 4.69) is 52.6 Å². The van der Waals surface area contributed by atoms with Crippen molar-refractivity contribution in [3.8, 4) is 0 Å². The normalized spacial score (nSPS) is 17.9. The molecule has 3 heteroatoms. The summed E-state index contributed by atoms with van der Waals surface area (Å²) < 4.78 is 2.32. The van der Waals surface area contributed by atoms with Crippen LogP contribution in [0.25, 0.3) is 0 Å². The molecule has 0 saturated carbocycles. The Morgan fingerprint density at radius 3 is 3.11 bits per heavy atom. The van der Waals surface area contributed by atoms with Gasteiger partial charge in [-0.25, -0.2) is 0 Å². The van der Waals surface area contributed by atoms with Crippen molar-refractivity contribution >= 4 is 11.8 Å². The van der Waals surface area contributed by atoms with E-state index in [4.69, 9.17) is 0 Å². The van der Waals surface area contributed by atoms with E-state index in [0.717, 1.165) is 13.1 Å². The number of hydrogen-bond acceptors (Lipinski definition) is 2. The predicted octanol–water partition coefficient (Wildman–Crippen LogP) is 3.10. The smallest absolute Gasteiger partial charge is 0.0297 e. The van der Waals surface area contributed by atoms with E-state index in [9.17, 15) is 0 Å². The molecular formula is C15H18N2S. The van der Waals surface area contributed by atoms with Gasteiger partial charge in [-0.05, 0) is 30.3 Å². The zero-order valence-electron chi connectivity index (χ0n) is 10.6. The van der Waals surface area contributed by atoms with Gasteiger partial charge < -0.3 is 9.88 Å². The van der Waals surface area contributed by atoms with Crippen LogP contribution in [0.5, 0.6) is 0 Å². The second-order valence-electron chi connectivity index (χ2n) is 4.79. The number of thioether (sulfide) groups is 1. The summed E-state index contributed by atoms with van der Waals surface area (Å²) in [7, 11) is 1.99. The Morgan fingerprint density at radius 2 is 2.22 bits per heavy atom. The zero-order valence-corrected chi connectivity index (χ0v) is 11.4. The molecule has 0 bridgehead atoms. The number of nitrogens with one attached hydrogen (secondary N) is 1. The molecule has 0 amide bonds. The van der Waals surface area contributed by atoms with Crippen LogP contribution in [0.4, 0.5) is 0 Å². The summed E-state index contributed by atoms with van der Waals surface area (Å²) in [5.74, 6) is 1.86. The van der Waals surface area contributed by atoms with Crippen LogP contribution in [0.15, 0.2) is 47.6 Å². The second kappa shape index (κ2) is 5.21. The summed E-state index contributed by atoms with van der Waals surface area (Å²) in [6, 6.07) is 11.0. The lowest BCUT2D eigenvalue weighted by Crippen LogP contribution is -2.08. The van der Waals surface area contributed by atoms with Crippen molar-refractivity contribution in [1.82, 2.24) is 9.88 Å². The van der Waals surface area contributed by atoms with Crippen LogP contribution in [-0.2, 0) is 13.1 Å². The van der Waals surface area contributed by atoms with E-state index in [1.165, 1.54) is 21.8 Å². The number of nitrogens with zero attached hydrogens (tertiary/aromatic N) is 1. The maximum atomic E-state index is 3.19. The Bertz CT molecular complexity index is 533. The van der Waals surface area contributed by atoms with Crippen molar-refractivity contribution in [2.45, 2.75) is 23.9 Å². The molecule has 1 atom stereocenters. The highest BCUT2D eigenvalue weighted by atomic mass is 32.2. The molecular weight excluding hydrogens is 240 g/mol. The van der Waals surface area contributed by atoms with Crippen LogP contribution < -0.4 is 5.32 Å². The number of rotatable bonds is 4. The van der Waals surface area contributed by atoms with E-state index < -0.39 is 0 Å². The molecule has 2 aromatic rings. The number of hydrogen-bond donors (Lipinski definition) is 1. The van der Waals surface area contributed by atoms with Crippen molar-refractivity contribution in [3.05, 3.63) is 53.9 Å². The molecule has 2 nitrogen and oxygen atoms in total. The minimum absolute atomic E-state index is 0.654. The molecule has 0 spiro atoms. The topological polar surface area (TPSA) is 17.0 Å². The van der Waals surface area contributed by atoms with Gasteiger partial charge in [0.05, 0.1) is 0 Å². The van der Waals surface area contributed by atoms with Crippen molar-refractivity contribution in [1.29, 1.82) is 0 Å². The highest BCUT2D eigenvalue weighted by Gasteiger charge is 2.22. The summed E-state index contributed by atoms with van der Waals surface area (Å²) in [6.07, 6.45) is 4.44. The molecule has 0 saturated heterocycles. The van der Waals surface area contributed by atoms with E-state index in [0.29, 0.717) is 5.92 Å². The van der Waals surface area contributed by atoms with Gasteiger partial charge in [-0.3, -0.25) is 0 Å². The third-order valence-corrected chi connectivity index (χ3v) is 4.67. The second-order valence-corrected chi connectivity index (χ2v) is 5.85. The molecule has 1 aromatic heterocycles. The fourth-order valence-corrected chi connectivity index (χ4v) is 3.79. The summed E-state index contributed by atoms with van der Waals surface area (Å²) in [5.41, 5.74) is 2.88. The Kier molecular flexibility index (Phi) is 3.43. The first-order chi connectivity index (χ1) is 8.86. The SMILES string of the molecule is CNCc1ccn(CC2CSc3ccccc32)c1. The Hall–Kier alpha value is -1.19. The van der Waals surface area contributed by atoms with E-state index in [1.807, 2.05) is 18.8 Å². The summed E-state index contributed by atoms with van der Waals surface area (Å²) in [5, 5.41) is 3.19. The van der Waals surface area contributed by atoms with Crippen LogP contribution >= 0.6 is 11.8 Å². The highest BCUT2D eigenvalue weighted by molar-refractivity contribution is 7.99. The van der Waals surface area contributed by atoms with Gasteiger partial charge in [0.2, 0.25) is 0 Å². The summed E-state index contributed by atoms with van der Waals surface area (Å²) in [4.78, 5) is 1.46. The Balaban J connectivity index is 1.73. The lowest BCUT2D eigenvalue weighted by molar-refractivity contribution is 0.606. The average Bonchev–Trinajstić information content (AvgIpc) is 2.99. The van der Waals surface area contributed by atoms with E-state index >= 15 is 0 Å². The summed E-state index contributed by atoms with van der Waals surface area (Å²) in [6.45, 7) is 2.04. The highest BCUT2D eigenvalue weighted by Crippen LogP contribution is 2.40. The van der Waals surface area contributed by atoms with Gasteiger partial charge in [0, 0.05) is 42.0 Å². The van der Waals surface area contributed by atoms with Gasteiger partial charge in [0.1, 0.15) is 0 Å². The maximum Gasteiger partial charge on any atom is 0.0297 e. The van der Waals surface area contributed by atoms with Crippen LogP contribution in [0.2, 0.25) is 0 Å². The van der Waals surface area contributed by atoms with Crippen molar-refractivity contribution < 1.29 is 0 Å². The first kappa shape index (κ1) is 11.9. The Morgan fingerprint density at radius 1 is 1.33 bits per heavy atom. The third kappa shape index (κ3) is 2.33. The first-order valence-electron chi connectivity index (χ1n) is 6.38. The van der Waals surface area contributed by atoms with Crippen LogP contribution in [0.3, 0.4) is 0 Å². The monoisotopic (exact) mass is 258 g/mol. The minimum atomic E-state index is 0.654. The minimum Gasteiger partial charge on any atom is -0.353 e.